The molecule has 2 aromatic rings. The topological polar surface area (TPSA) is 73.1 Å². The van der Waals surface area contributed by atoms with Gasteiger partial charge in [0.2, 0.25) is 5.95 Å². The number of benzene rings is 1. The quantitative estimate of drug-likeness (QED) is 0.884. The minimum Gasteiger partial charge on any atom is -0.489 e. The molecule has 1 aromatic heterocycles. The lowest BCUT2D eigenvalue weighted by molar-refractivity contribution is 0.296. The summed E-state index contributed by atoms with van der Waals surface area (Å²) in [5, 5.41) is 3.18. The van der Waals surface area contributed by atoms with E-state index < -0.39 is 0 Å². The molecule has 1 aromatic carbocycles. The summed E-state index contributed by atoms with van der Waals surface area (Å²) in [5.74, 6) is 1.19. The van der Waals surface area contributed by atoms with Crippen LogP contribution in [0.2, 0.25) is 0 Å². The van der Waals surface area contributed by atoms with E-state index in [9.17, 15) is 4.39 Å². The molecule has 0 spiro atoms. The molecule has 2 aliphatic carbocycles. The molecule has 1 heterocycles. The molecule has 4 rings (SSSR count). The maximum atomic E-state index is 13.6. The van der Waals surface area contributed by atoms with Gasteiger partial charge >= 0.3 is 0 Å². The minimum absolute atomic E-state index is 0.0711. The normalized spacial score (nSPS) is 19.1. The number of halogens is 1. The smallest absolute Gasteiger partial charge is 0.220 e. The van der Waals surface area contributed by atoms with E-state index >= 15 is 0 Å². The molecule has 1 fully saturated rings. The predicted molar refractivity (Wildman–Crippen MR) is 89.9 cm³/mol. The van der Waals surface area contributed by atoms with Crippen molar-refractivity contribution >= 4 is 11.5 Å². The average molecular weight is 326 g/mol. The van der Waals surface area contributed by atoms with Crippen LogP contribution < -0.4 is 15.8 Å². The zero-order valence-electron chi connectivity index (χ0n) is 13.4. The van der Waals surface area contributed by atoms with Crippen LogP contribution in [0.5, 0.6) is 5.75 Å². The van der Waals surface area contributed by atoms with Crippen molar-refractivity contribution in [3.8, 4) is 5.75 Å². The van der Waals surface area contributed by atoms with Crippen molar-refractivity contribution in [3.05, 3.63) is 53.1 Å². The molecular formula is C18H19FN4O. The maximum absolute atomic E-state index is 13.6. The van der Waals surface area contributed by atoms with Crippen molar-refractivity contribution in [2.24, 2.45) is 5.92 Å². The zero-order chi connectivity index (χ0) is 16.7. The number of hydrogen-bond donors (Lipinski definition) is 2. The lowest BCUT2D eigenvalue weighted by atomic mass is 10.0. The van der Waals surface area contributed by atoms with Gasteiger partial charge in [-0.05, 0) is 49.1 Å². The fraction of sp³-hybridized carbons (Fsp3) is 0.333. The molecule has 2 aliphatic rings. The fourth-order valence-electron chi connectivity index (χ4n) is 3.00. The summed E-state index contributed by atoms with van der Waals surface area (Å²) >= 11 is 0. The number of fused-ring (bicyclic) bond motifs is 1. The fourth-order valence-corrected chi connectivity index (χ4v) is 3.00. The van der Waals surface area contributed by atoms with Gasteiger partial charge in [-0.15, -0.1) is 0 Å². The summed E-state index contributed by atoms with van der Waals surface area (Å²) in [5.41, 5.74) is 9.17. The number of likely N-dealkylation sites (N-methyl/N-ethyl adjacent to an activating group) is 1. The Bertz CT molecular complexity index is 817. The Balaban J connectivity index is 1.76. The van der Waals surface area contributed by atoms with Gasteiger partial charge in [0.05, 0.1) is 18.8 Å². The SMILES string of the molecule is CNC1C=C(c2nc(N)ncc2OCC2CC2)c2ccc(F)cc21. The van der Waals surface area contributed by atoms with E-state index in [2.05, 4.69) is 15.3 Å². The molecule has 0 saturated heterocycles. The highest BCUT2D eigenvalue weighted by atomic mass is 19.1. The highest BCUT2D eigenvalue weighted by molar-refractivity contribution is 5.86. The van der Waals surface area contributed by atoms with Crippen molar-refractivity contribution in [1.82, 2.24) is 15.3 Å². The molecule has 1 unspecified atom stereocenters. The molecule has 1 atom stereocenters. The Labute approximate surface area is 139 Å². The van der Waals surface area contributed by atoms with Gasteiger partial charge in [-0.2, -0.15) is 0 Å². The van der Waals surface area contributed by atoms with Crippen LogP contribution in [0.15, 0.2) is 30.5 Å². The van der Waals surface area contributed by atoms with Gasteiger partial charge in [-0.25, -0.2) is 14.4 Å². The number of rotatable bonds is 5. The van der Waals surface area contributed by atoms with Crippen molar-refractivity contribution < 1.29 is 9.13 Å². The van der Waals surface area contributed by atoms with Crippen molar-refractivity contribution in [3.63, 3.8) is 0 Å². The van der Waals surface area contributed by atoms with Crippen LogP contribution in [0.25, 0.3) is 5.57 Å². The van der Waals surface area contributed by atoms with E-state index in [4.69, 9.17) is 10.5 Å². The average Bonchev–Trinajstić information content (AvgIpc) is 3.33. The second-order valence-electron chi connectivity index (χ2n) is 6.27. The van der Waals surface area contributed by atoms with Gasteiger partial charge in [0.1, 0.15) is 11.5 Å². The zero-order valence-corrected chi connectivity index (χ0v) is 13.4. The van der Waals surface area contributed by atoms with Crippen LogP contribution in [0.1, 0.15) is 35.7 Å². The third kappa shape index (κ3) is 2.73. The number of nitrogens with one attached hydrogen (secondary N) is 1. The Kier molecular flexibility index (Phi) is 3.69. The van der Waals surface area contributed by atoms with Crippen LogP contribution >= 0.6 is 0 Å². The van der Waals surface area contributed by atoms with Crippen molar-refractivity contribution in [2.75, 3.05) is 19.4 Å². The number of nitrogen functional groups attached to an aromatic ring is 1. The monoisotopic (exact) mass is 326 g/mol. The molecule has 0 radical (unpaired) electrons. The van der Waals surface area contributed by atoms with Gasteiger partial charge < -0.3 is 15.8 Å². The largest absolute Gasteiger partial charge is 0.489 e. The van der Waals surface area contributed by atoms with Crippen LogP contribution in [0, 0.1) is 11.7 Å². The predicted octanol–water partition coefficient (Wildman–Crippen LogP) is 2.69. The third-order valence-corrected chi connectivity index (χ3v) is 4.48. The molecule has 5 nitrogen and oxygen atoms in total. The van der Waals surface area contributed by atoms with E-state index in [0.717, 1.165) is 16.7 Å². The molecule has 124 valence electrons. The lowest BCUT2D eigenvalue weighted by Gasteiger charge is -2.12. The molecule has 0 bridgehead atoms. The molecule has 6 heteroatoms. The third-order valence-electron chi connectivity index (χ3n) is 4.48. The van der Waals surface area contributed by atoms with Crippen LogP contribution in [-0.4, -0.2) is 23.6 Å². The van der Waals surface area contributed by atoms with Gasteiger partial charge in [0.25, 0.3) is 0 Å². The van der Waals surface area contributed by atoms with Gasteiger partial charge in [-0.1, -0.05) is 12.1 Å². The molecule has 3 N–H and O–H groups in total. The van der Waals surface area contributed by atoms with E-state index in [-0.39, 0.29) is 17.8 Å². The standard InChI is InChI=1S/C18H19FN4O/c1-21-15-7-14(12-5-4-11(19)6-13(12)15)17-16(8-22-18(20)23-17)24-9-10-2-3-10/h4-8,10,15,21H,2-3,9H2,1H3,(H2,20,22,23). The van der Waals surface area contributed by atoms with Crippen LogP contribution in [-0.2, 0) is 0 Å². The summed E-state index contributed by atoms with van der Waals surface area (Å²) in [4.78, 5) is 8.45. The molecular weight excluding hydrogens is 307 g/mol. The Hall–Kier alpha value is -2.47. The minimum atomic E-state index is -0.254. The molecule has 0 amide bonds. The van der Waals surface area contributed by atoms with Gasteiger partial charge in [-0.3, -0.25) is 0 Å². The Morgan fingerprint density at radius 3 is 2.96 bits per heavy atom. The summed E-state index contributed by atoms with van der Waals surface area (Å²) in [6, 6.07) is 4.71. The number of hydrogen-bond acceptors (Lipinski definition) is 5. The summed E-state index contributed by atoms with van der Waals surface area (Å²) in [7, 11) is 1.84. The van der Waals surface area contributed by atoms with Crippen molar-refractivity contribution in [1.29, 1.82) is 0 Å². The summed E-state index contributed by atoms with van der Waals surface area (Å²) < 4.78 is 19.6. The van der Waals surface area contributed by atoms with Gasteiger partial charge in [0.15, 0.2) is 5.75 Å². The first-order valence-electron chi connectivity index (χ1n) is 8.10. The van der Waals surface area contributed by atoms with E-state index in [1.54, 1.807) is 18.3 Å². The van der Waals surface area contributed by atoms with Crippen LogP contribution in [0.3, 0.4) is 0 Å². The first kappa shape index (κ1) is 15.1. The molecule has 1 saturated carbocycles. The van der Waals surface area contributed by atoms with Crippen LogP contribution in [0.4, 0.5) is 10.3 Å². The number of ether oxygens (including phenoxy) is 1. The second kappa shape index (κ2) is 5.87. The van der Waals surface area contributed by atoms with Gasteiger partial charge in [0, 0.05) is 5.57 Å². The first-order chi connectivity index (χ1) is 11.7. The number of aromatic nitrogens is 2. The highest BCUT2D eigenvalue weighted by Crippen LogP contribution is 2.41. The lowest BCUT2D eigenvalue weighted by Crippen LogP contribution is -2.12. The number of nitrogens with two attached hydrogens (primary N) is 1. The van der Waals surface area contributed by atoms with E-state index in [1.807, 2.05) is 13.1 Å². The van der Waals surface area contributed by atoms with Crippen molar-refractivity contribution in [2.45, 2.75) is 18.9 Å². The number of nitrogens with zero attached hydrogens (tertiary/aromatic N) is 2. The second-order valence-corrected chi connectivity index (χ2v) is 6.27. The maximum Gasteiger partial charge on any atom is 0.220 e. The first-order valence-corrected chi connectivity index (χ1v) is 8.10. The molecule has 24 heavy (non-hydrogen) atoms. The highest BCUT2D eigenvalue weighted by Gasteiger charge is 2.28. The Morgan fingerprint density at radius 2 is 2.21 bits per heavy atom. The number of anilines is 1. The Morgan fingerprint density at radius 1 is 1.38 bits per heavy atom. The summed E-state index contributed by atoms with van der Waals surface area (Å²) in [6.45, 7) is 0.666. The van der Waals surface area contributed by atoms with E-state index in [1.165, 1.54) is 18.9 Å². The molecule has 0 aliphatic heterocycles. The van der Waals surface area contributed by atoms with E-state index in [0.29, 0.717) is 24.0 Å². The summed E-state index contributed by atoms with van der Waals surface area (Å²) in [6.07, 6.45) is 6.06.